The van der Waals surface area contributed by atoms with Crippen LogP contribution in [0.5, 0.6) is 5.75 Å². The van der Waals surface area contributed by atoms with Crippen LogP contribution >= 0.6 is 11.3 Å². The number of benzene rings is 2. The number of fused-ring (bicyclic) bond motifs is 1. The lowest BCUT2D eigenvalue weighted by atomic mass is 10.2. The predicted octanol–water partition coefficient (Wildman–Crippen LogP) is 5.15. The van der Waals surface area contributed by atoms with Gasteiger partial charge in [0.05, 0.1) is 21.2 Å². The van der Waals surface area contributed by atoms with Gasteiger partial charge in [0.2, 0.25) is 10.0 Å². The minimum absolute atomic E-state index is 0.0576. The number of nitrogens with zero attached hydrogens (tertiary/aromatic N) is 2. The molecule has 0 saturated heterocycles. The maximum absolute atomic E-state index is 13.0. The summed E-state index contributed by atoms with van der Waals surface area (Å²) >= 11 is 1.25. The Bertz CT molecular complexity index is 1170. The molecule has 0 atom stereocenters. The Morgan fingerprint density at radius 1 is 1.09 bits per heavy atom. The summed E-state index contributed by atoms with van der Waals surface area (Å²) in [6.07, 6.45) is 1.56. The van der Waals surface area contributed by atoms with Crippen molar-refractivity contribution in [3.05, 3.63) is 48.0 Å². The highest BCUT2D eigenvalue weighted by molar-refractivity contribution is 7.89. The van der Waals surface area contributed by atoms with Crippen LogP contribution in [0.15, 0.2) is 47.4 Å². The molecule has 1 aromatic heterocycles. The number of aromatic nitrogens is 1. The summed E-state index contributed by atoms with van der Waals surface area (Å²) in [4.78, 5) is 17.3. The van der Waals surface area contributed by atoms with Crippen LogP contribution in [0.3, 0.4) is 0 Å². The Morgan fingerprint density at radius 2 is 1.75 bits per heavy atom. The summed E-state index contributed by atoms with van der Waals surface area (Å²) in [6.45, 7) is 8.78. The van der Waals surface area contributed by atoms with E-state index >= 15 is 0 Å². The van der Waals surface area contributed by atoms with Crippen molar-refractivity contribution in [3.63, 3.8) is 0 Å². The van der Waals surface area contributed by atoms with E-state index in [9.17, 15) is 13.2 Å². The Morgan fingerprint density at radius 3 is 2.34 bits per heavy atom. The quantitative estimate of drug-likeness (QED) is 0.438. The second-order valence-corrected chi connectivity index (χ2v) is 10.7. The third-order valence-corrected chi connectivity index (χ3v) is 7.48. The zero-order valence-electron chi connectivity index (χ0n) is 18.8. The van der Waals surface area contributed by atoms with Crippen LogP contribution in [0.25, 0.3) is 10.2 Å². The van der Waals surface area contributed by atoms with Gasteiger partial charge in [-0.25, -0.2) is 13.4 Å². The van der Waals surface area contributed by atoms with E-state index in [1.807, 2.05) is 27.7 Å². The summed E-state index contributed by atoms with van der Waals surface area (Å²) in [7, 11) is -3.57. The lowest BCUT2D eigenvalue weighted by Gasteiger charge is -2.20. The van der Waals surface area contributed by atoms with Crippen LogP contribution in [-0.2, 0) is 10.0 Å². The first-order chi connectivity index (χ1) is 15.2. The SMILES string of the molecule is CCCN(CCC)S(=O)(=O)c1ccc2nc(NC(=O)c3ccc(OC(C)C)cc3)sc2c1. The largest absolute Gasteiger partial charge is 0.491 e. The van der Waals surface area contributed by atoms with Crippen molar-refractivity contribution in [1.29, 1.82) is 0 Å². The van der Waals surface area contributed by atoms with Gasteiger partial charge < -0.3 is 4.74 Å². The molecule has 3 aromatic rings. The first-order valence-electron chi connectivity index (χ1n) is 10.7. The van der Waals surface area contributed by atoms with Gasteiger partial charge in [-0.15, -0.1) is 0 Å². The molecular formula is C23H29N3O4S2. The van der Waals surface area contributed by atoms with E-state index < -0.39 is 10.0 Å². The van der Waals surface area contributed by atoms with Gasteiger partial charge in [0.1, 0.15) is 5.75 Å². The standard InChI is InChI=1S/C23H29N3O4S2/c1-5-13-26(14-6-2)32(28,29)19-11-12-20-21(15-19)31-23(24-20)25-22(27)17-7-9-18(10-8-17)30-16(3)4/h7-12,15-16H,5-6,13-14H2,1-4H3,(H,24,25,27). The Hall–Kier alpha value is -2.49. The molecule has 2 aromatic carbocycles. The normalized spacial score (nSPS) is 11.9. The van der Waals surface area contributed by atoms with Gasteiger partial charge in [-0.2, -0.15) is 4.31 Å². The number of sulfonamides is 1. The van der Waals surface area contributed by atoms with Crippen molar-refractivity contribution in [2.45, 2.75) is 51.5 Å². The number of amides is 1. The lowest BCUT2D eigenvalue weighted by Crippen LogP contribution is -2.32. The first kappa shape index (κ1) is 24.2. The number of rotatable bonds is 10. The predicted molar refractivity (Wildman–Crippen MR) is 129 cm³/mol. The van der Waals surface area contributed by atoms with E-state index in [0.717, 1.165) is 12.8 Å². The Kier molecular flexibility index (Phi) is 7.86. The fourth-order valence-electron chi connectivity index (χ4n) is 3.25. The molecule has 1 amide bonds. The Labute approximate surface area is 193 Å². The van der Waals surface area contributed by atoms with Crippen molar-refractivity contribution >= 4 is 42.6 Å². The molecule has 0 bridgehead atoms. The Balaban J connectivity index is 1.79. The highest BCUT2D eigenvalue weighted by Gasteiger charge is 2.24. The fraction of sp³-hybridized carbons (Fsp3) is 0.391. The first-order valence-corrected chi connectivity index (χ1v) is 13.0. The molecule has 172 valence electrons. The molecular weight excluding hydrogens is 446 g/mol. The number of anilines is 1. The maximum atomic E-state index is 13.0. The summed E-state index contributed by atoms with van der Waals surface area (Å²) in [6, 6.07) is 11.8. The van der Waals surface area contributed by atoms with E-state index in [4.69, 9.17) is 4.74 Å². The second-order valence-electron chi connectivity index (χ2n) is 7.70. The smallest absolute Gasteiger partial charge is 0.257 e. The maximum Gasteiger partial charge on any atom is 0.257 e. The monoisotopic (exact) mass is 475 g/mol. The molecule has 32 heavy (non-hydrogen) atoms. The summed E-state index contributed by atoms with van der Waals surface area (Å²) < 4.78 is 33.9. The molecule has 1 N–H and O–H groups in total. The van der Waals surface area contributed by atoms with Gasteiger partial charge in [0.25, 0.3) is 5.91 Å². The molecule has 1 heterocycles. The molecule has 0 aliphatic heterocycles. The van der Waals surface area contributed by atoms with Crippen molar-refractivity contribution < 1.29 is 17.9 Å². The van der Waals surface area contributed by atoms with Crippen LogP contribution in [0.4, 0.5) is 5.13 Å². The topological polar surface area (TPSA) is 88.6 Å². The van der Waals surface area contributed by atoms with Crippen LogP contribution < -0.4 is 10.1 Å². The number of carbonyl (C=O) groups is 1. The van der Waals surface area contributed by atoms with Crippen LogP contribution in [0.2, 0.25) is 0 Å². The number of nitrogens with one attached hydrogen (secondary N) is 1. The van der Waals surface area contributed by atoms with Crippen molar-refractivity contribution in [2.24, 2.45) is 0 Å². The average molecular weight is 476 g/mol. The average Bonchev–Trinajstić information content (AvgIpc) is 3.15. The molecule has 9 heteroatoms. The third-order valence-electron chi connectivity index (χ3n) is 4.65. The van der Waals surface area contributed by atoms with Crippen LogP contribution in [-0.4, -0.2) is 42.8 Å². The van der Waals surface area contributed by atoms with Crippen LogP contribution in [0, 0.1) is 0 Å². The minimum Gasteiger partial charge on any atom is -0.491 e. The van der Waals surface area contributed by atoms with Gasteiger partial charge >= 0.3 is 0 Å². The molecule has 0 aliphatic carbocycles. The van der Waals surface area contributed by atoms with E-state index in [2.05, 4.69) is 10.3 Å². The van der Waals surface area contributed by atoms with Crippen LogP contribution in [0.1, 0.15) is 50.9 Å². The van der Waals surface area contributed by atoms with Gasteiger partial charge in [-0.3, -0.25) is 10.1 Å². The number of ether oxygens (including phenoxy) is 1. The van der Waals surface area contributed by atoms with Crippen molar-refractivity contribution in [2.75, 3.05) is 18.4 Å². The molecule has 0 spiro atoms. The highest BCUT2D eigenvalue weighted by atomic mass is 32.2. The molecule has 3 rings (SSSR count). The molecule has 0 aliphatic rings. The lowest BCUT2D eigenvalue weighted by molar-refractivity contribution is 0.102. The van der Waals surface area contributed by atoms with E-state index in [0.29, 0.717) is 39.8 Å². The summed E-state index contributed by atoms with van der Waals surface area (Å²) in [5.41, 5.74) is 1.13. The van der Waals surface area contributed by atoms with E-state index in [-0.39, 0.29) is 16.9 Å². The van der Waals surface area contributed by atoms with Gasteiger partial charge in [0.15, 0.2) is 5.13 Å². The van der Waals surface area contributed by atoms with Gasteiger partial charge in [0, 0.05) is 18.7 Å². The zero-order chi connectivity index (χ0) is 23.3. The van der Waals surface area contributed by atoms with Gasteiger partial charge in [-0.1, -0.05) is 25.2 Å². The van der Waals surface area contributed by atoms with Crippen molar-refractivity contribution in [3.8, 4) is 5.75 Å². The minimum atomic E-state index is -3.57. The summed E-state index contributed by atoms with van der Waals surface area (Å²) in [5.74, 6) is 0.413. The molecule has 0 fully saturated rings. The van der Waals surface area contributed by atoms with E-state index in [1.165, 1.54) is 15.6 Å². The second kappa shape index (κ2) is 10.4. The number of thiazole rings is 1. The highest BCUT2D eigenvalue weighted by Crippen LogP contribution is 2.30. The van der Waals surface area contributed by atoms with E-state index in [1.54, 1.807) is 42.5 Å². The fourth-order valence-corrected chi connectivity index (χ4v) is 5.87. The number of carbonyl (C=O) groups excluding carboxylic acids is 1. The third kappa shape index (κ3) is 5.65. The molecule has 0 saturated carbocycles. The molecule has 0 radical (unpaired) electrons. The number of hydrogen-bond donors (Lipinski definition) is 1. The van der Waals surface area contributed by atoms with Gasteiger partial charge in [-0.05, 0) is 69.2 Å². The molecule has 0 unspecified atom stereocenters. The number of hydrogen-bond acceptors (Lipinski definition) is 6. The zero-order valence-corrected chi connectivity index (χ0v) is 20.4. The van der Waals surface area contributed by atoms with Crippen molar-refractivity contribution in [1.82, 2.24) is 9.29 Å². The molecule has 7 nitrogen and oxygen atoms in total. The summed E-state index contributed by atoms with van der Waals surface area (Å²) in [5, 5.41) is 3.21.